The third-order valence-electron chi connectivity index (χ3n) is 2.29. The van der Waals surface area contributed by atoms with Gasteiger partial charge in [-0.3, -0.25) is 4.55 Å². The van der Waals surface area contributed by atoms with Crippen molar-refractivity contribution >= 4 is 16.9 Å². The van der Waals surface area contributed by atoms with Crippen molar-refractivity contribution in [2.24, 2.45) is 0 Å². The lowest BCUT2D eigenvalue weighted by Crippen LogP contribution is -2.00. The van der Waals surface area contributed by atoms with Gasteiger partial charge in [0.1, 0.15) is 23.2 Å². The summed E-state index contributed by atoms with van der Waals surface area (Å²) in [5, 5.41) is 17.7. The number of phenols is 2. The summed E-state index contributed by atoms with van der Waals surface area (Å²) >= 11 is 0. The minimum Gasteiger partial charge on any atom is -0.508 e. The molecule has 0 heterocycles. The number of para-hydroxylation sites is 1. The summed E-state index contributed by atoms with van der Waals surface area (Å²) in [5.41, 5.74) is 0.153. The molecular formula is C14H16O6S. The van der Waals surface area contributed by atoms with Crippen LogP contribution in [-0.2, 0) is 14.9 Å². The van der Waals surface area contributed by atoms with Crippen molar-refractivity contribution in [3.8, 4) is 11.5 Å². The molecule has 0 atom stereocenters. The van der Waals surface area contributed by atoms with Gasteiger partial charge < -0.3 is 15.0 Å². The molecule has 0 spiro atoms. The molecule has 2 rings (SSSR count). The van der Waals surface area contributed by atoms with Crippen LogP contribution in [0.3, 0.4) is 0 Å². The Labute approximate surface area is 123 Å². The van der Waals surface area contributed by atoms with E-state index in [1.54, 1.807) is 24.3 Å². The molecule has 7 heteroatoms. The number of aromatic hydroxyl groups is 2. The first-order chi connectivity index (χ1) is 9.82. The minimum absolute atomic E-state index is 0.148. The Bertz CT molecular complexity index is 652. The highest BCUT2D eigenvalue weighted by Gasteiger charge is 2.14. The first-order valence-electron chi connectivity index (χ1n) is 5.61. The number of rotatable bonds is 1. The third kappa shape index (κ3) is 6.55. The summed E-state index contributed by atoms with van der Waals surface area (Å²) in [7, 11) is -4.22. The number of hydrogen-bond acceptors (Lipinski definition) is 5. The predicted molar refractivity (Wildman–Crippen MR) is 77.9 cm³/mol. The van der Waals surface area contributed by atoms with E-state index >= 15 is 0 Å². The second-order valence-electron chi connectivity index (χ2n) is 3.71. The zero-order chi connectivity index (χ0) is 16.5. The molecule has 0 saturated heterocycles. The second kappa shape index (κ2) is 8.72. The smallest absolute Gasteiger partial charge is 0.294 e. The van der Waals surface area contributed by atoms with E-state index in [-0.39, 0.29) is 16.2 Å². The first-order valence-corrected chi connectivity index (χ1v) is 7.05. The van der Waals surface area contributed by atoms with E-state index in [4.69, 9.17) is 19.6 Å². The van der Waals surface area contributed by atoms with Crippen molar-refractivity contribution < 1.29 is 28.0 Å². The Balaban J connectivity index is 0.000000377. The normalized spacial score (nSPS) is 9.62. The largest absolute Gasteiger partial charge is 0.508 e. The van der Waals surface area contributed by atoms with E-state index < -0.39 is 10.1 Å². The van der Waals surface area contributed by atoms with Crippen LogP contribution in [0.25, 0.3) is 0 Å². The van der Waals surface area contributed by atoms with Crippen LogP contribution >= 0.6 is 0 Å². The van der Waals surface area contributed by atoms with Gasteiger partial charge in [-0.05, 0) is 31.2 Å². The fourth-order valence-electron chi connectivity index (χ4n) is 1.31. The van der Waals surface area contributed by atoms with E-state index in [0.717, 1.165) is 0 Å². The number of carbonyl (C=O) groups is 1. The summed E-state index contributed by atoms with van der Waals surface area (Å²) in [6, 6.07) is 12.6. The van der Waals surface area contributed by atoms with E-state index in [1.807, 2.05) is 12.9 Å². The molecule has 3 N–H and O–H groups in total. The average molecular weight is 312 g/mol. The Kier molecular flexibility index (Phi) is 7.74. The second-order valence-corrected chi connectivity index (χ2v) is 5.10. The summed E-state index contributed by atoms with van der Waals surface area (Å²) in [5.74, 6) is 0.174. The quantitative estimate of drug-likeness (QED) is 0.696. The molecule has 0 aliphatic heterocycles. The zero-order valence-corrected chi connectivity index (χ0v) is 12.1. The highest BCUT2D eigenvalue weighted by molar-refractivity contribution is 7.85. The van der Waals surface area contributed by atoms with Gasteiger partial charge >= 0.3 is 0 Å². The van der Waals surface area contributed by atoms with Crippen LogP contribution < -0.4 is 0 Å². The molecule has 0 unspecified atom stereocenters. The van der Waals surface area contributed by atoms with E-state index in [9.17, 15) is 8.42 Å². The fourth-order valence-corrected chi connectivity index (χ4v) is 2.05. The molecule has 2 aromatic carbocycles. The van der Waals surface area contributed by atoms with Crippen molar-refractivity contribution in [2.45, 2.75) is 11.8 Å². The third-order valence-corrected chi connectivity index (χ3v) is 3.29. The summed E-state index contributed by atoms with van der Waals surface area (Å²) in [6.07, 6.45) is 0. The van der Waals surface area contributed by atoms with Crippen molar-refractivity contribution in [2.75, 3.05) is 0 Å². The van der Waals surface area contributed by atoms with Gasteiger partial charge in [-0.2, -0.15) is 8.42 Å². The van der Waals surface area contributed by atoms with E-state index in [2.05, 4.69) is 0 Å². The minimum atomic E-state index is -4.22. The number of carbonyl (C=O) groups excluding carboxylic acids is 1. The summed E-state index contributed by atoms with van der Waals surface area (Å²) in [6.45, 7) is 3.42. The molecule has 0 aromatic heterocycles. The molecular weight excluding hydrogens is 296 g/mol. The van der Waals surface area contributed by atoms with Gasteiger partial charge in [-0.1, -0.05) is 24.3 Å². The van der Waals surface area contributed by atoms with Gasteiger partial charge in [0, 0.05) is 5.56 Å². The highest BCUT2D eigenvalue weighted by Crippen LogP contribution is 2.22. The van der Waals surface area contributed by atoms with Crippen LogP contribution in [0.4, 0.5) is 0 Å². The monoisotopic (exact) mass is 312 g/mol. The summed E-state index contributed by atoms with van der Waals surface area (Å²) in [4.78, 5) is 7.74. The molecule has 2 aromatic rings. The van der Waals surface area contributed by atoms with Crippen LogP contribution in [0.5, 0.6) is 11.5 Å². The Morgan fingerprint density at radius 3 is 1.76 bits per heavy atom. The molecule has 0 amide bonds. The van der Waals surface area contributed by atoms with Crippen molar-refractivity contribution in [3.63, 3.8) is 0 Å². The molecule has 0 radical (unpaired) electrons. The molecule has 0 saturated carbocycles. The molecule has 0 aliphatic rings. The maximum Gasteiger partial charge on any atom is 0.294 e. The average Bonchev–Trinajstić information content (AvgIpc) is 2.44. The Morgan fingerprint density at radius 2 is 1.43 bits per heavy atom. The molecule has 6 nitrogen and oxygen atoms in total. The van der Waals surface area contributed by atoms with Crippen LogP contribution in [0.1, 0.15) is 5.56 Å². The predicted octanol–water partition coefficient (Wildman–Crippen LogP) is 2.15. The van der Waals surface area contributed by atoms with Crippen LogP contribution in [-0.4, -0.2) is 30.0 Å². The molecule has 114 valence electrons. The van der Waals surface area contributed by atoms with Crippen molar-refractivity contribution in [1.82, 2.24) is 0 Å². The summed E-state index contributed by atoms with van der Waals surface area (Å²) < 4.78 is 30.0. The number of benzene rings is 2. The SMILES string of the molecule is C=O.Cc1c(O)cccc1S(=O)(=O)O.Oc1ccccc1. The molecule has 0 aliphatic carbocycles. The number of hydrogen-bond donors (Lipinski definition) is 3. The van der Waals surface area contributed by atoms with Crippen LogP contribution in [0.15, 0.2) is 53.4 Å². The number of phenolic OH excluding ortho intramolecular Hbond substituents is 2. The standard InChI is InChI=1S/C7H8O4S.C6H6O.CH2O/c1-5-6(8)3-2-4-7(5)12(9,10)11;7-6-4-2-1-3-5-6;1-2/h2-4,8H,1H3,(H,9,10,11);1-5,7H;1H2. The van der Waals surface area contributed by atoms with E-state index in [1.165, 1.54) is 25.1 Å². The highest BCUT2D eigenvalue weighted by atomic mass is 32.2. The van der Waals surface area contributed by atoms with Gasteiger partial charge in [-0.15, -0.1) is 0 Å². The topological polar surface area (TPSA) is 112 Å². The zero-order valence-electron chi connectivity index (χ0n) is 11.3. The van der Waals surface area contributed by atoms with Gasteiger partial charge in [0.05, 0.1) is 0 Å². The van der Waals surface area contributed by atoms with Crippen LogP contribution in [0.2, 0.25) is 0 Å². The lowest BCUT2D eigenvalue weighted by molar-refractivity contribution is -0.0980. The lowest BCUT2D eigenvalue weighted by atomic mass is 10.2. The van der Waals surface area contributed by atoms with Gasteiger partial charge in [0.25, 0.3) is 10.1 Å². The maximum absolute atomic E-state index is 10.7. The van der Waals surface area contributed by atoms with Crippen LogP contribution in [0, 0.1) is 6.92 Å². The van der Waals surface area contributed by atoms with Gasteiger partial charge in [0.15, 0.2) is 0 Å². The Morgan fingerprint density at radius 1 is 0.905 bits per heavy atom. The van der Waals surface area contributed by atoms with Crippen molar-refractivity contribution in [1.29, 1.82) is 0 Å². The maximum atomic E-state index is 10.7. The van der Waals surface area contributed by atoms with Gasteiger partial charge in [-0.25, -0.2) is 0 Å². The molecule has 0 bridgehead atoms. The lowest BCUT2D eigenvalue weighted by Gasteiger charge is -2.02. The van der Waals surface area contributed by atoms with Crippen molar-refractivity contribution in [3.05, 3.63) is 54.1 Å². The first kappa shape index (κ1) is 18.6. The Hall–Kier alpha value is -2.38. The fraction of sp³-hybridized carbons (Fsp3) is 0.0714. The molecule has 0 fully saturated rings. The van der Waals surface area contributed by atoms with E-state index in [0.29, 0.717) is 5.75 Å². The molecule has 21 heavy (non-hydrogen) atoms. The van der Waals surface area contributed by atoms with Gasteiger partial charge in [0.2, 0.25) is 0 Å².